The number of hydroxylamine groups is 1. The minimum absolute atomic E-state index is 0.211. The van der Waals surface area contributed by atoms with Gasteiger partial charge in [-0.25, -0.2) is 9.18 Å². The number of esters is 1. The lowest BCUT2D eigenvalue weighted by Gasteiger charge is -2.27. The maximum absolute atomic E-state index is 15.4. The number of benzene rings is 1. The van der Waals surface area contributed by atoms with E-state index in [1.54, 1.807) is 26.0 Å². The molecule has 1 aliphatic heterocycles. The summed E-state index contributed by atoms with van der Waals surface area (Å²) in [6, 6.07) is 6.04. The van der Waals surface area contributed by atoms with Crippen LogP contribution >= 0.6 is 8.18 Å². The predicted molar refractivity (Wildman–Crippen MR) is 132 cm³/mol. The smallest absolute Gasteiger partial charge is 0.330 e. The summed E-state index contributed by atoms with van der Waals surface area (Å²) in [6.45, 7) is 5.14. The van der Waals surface area contributed by atoms with Gasteiger partial charge < -0.3 is 28.7 Å². The van der Waals surface area contributed by atoms with Crippen molar-refractivity contribution in [3.8, 4) is 11.5 Å². The van der Waals surface area contributed by atoms with E-state index in [9.17, 15) is 24.1 Å². The summed E-state index contributed by atoms with van der Waals surface area (Å²) in [4.78, 5) is 44.5. The van der Waals surface area contributed by atoms with Crippen molar-refractivity contribution in [1.29, 1.82) is 0 Å². The van der Waals surface area contributed by atoms with Crippen molar-refractivity contribution < 1.29 is 42.4 Å². The van der Waals surface area contributed by atoms with E-state index in [1.807, 2.05) is 4.98 Å². The highest BCUT2D eigenvalue weighted by atomic mass is 31.1. The van der Waals surface area contributed by atoms with Crippen molar-refractivity contribution in [2.24, 2.45) is 0 Å². The first-order valence-corrected chi connectivity index (χ1v) is 12.9. The van der Waals surface area contributed by atoms with Crippen LogP contribution in [0.5, 0.6) is 11.5 Å². The number of nitrogens with one attached hydrogen (secondary N) is 1. The zero-order valence-corrected chi connectivity index (χ0v) is 22.5. The molecule has 0 saturated carbocycles. The number of aromatic nitrogens is 2. The third kappa shape index (κ3) is 6.69. The number of alkyl halides is 1. The zero-order valence-electron chi connectivity index (χ0n) is 21.5. The van der Waals surface area contributed by atoms with Gasteiger partial charge in [-0.1, -0.05) is 4.83 Å². The number of carbonyl (C=O) groups is 1. The Morgan fingerprint density at radius 3 is 2.45 bits per heavy atom. The van der Waals surface area contributed by atoms with E-state index in [-0.39, 0.29) is 5.75 Å². The number of aliphatic hydroxyl groups is 1. The van der Waals surface area contributed by atoms with Crippen LogP contribution in [0.25, 0.3) is 0 Å². The van der Waals surface area contributed by atoms with E-state index in [2.05, 4.69) is 0 Å². The molecule has 1 saturated heterocycles. The van der Waals surface area contributed by atoms with E-state index < -0.39 is 68.3 Å². The van der Waals surface area contributed by atoms with E-state index >= 15 is 4.39 Å². The first-order chi connectivity index (χ1) is 17.8. The van der Waals surface area contributed by atoms with Gasteiger partial charge in [-0.3, -0.25) is 23.7 Å². The Balaban J connectivity index is 1.76. The molecule has 0 bridgehead atoms. The maximum atomic E-state index is 15.4. The molecule has 1 aliphatic rings. The van der Waals surface area contributed by atoms with E-state index in [4.69, 9.17) is 23.6 Å². The second-order valence-electron chi connectivity index (χ2n) is 8.97. The summed E-state index contributed by atoms with van der Waals surface area (Å²) >= 11 is 0. The topological polar surface area (TPSA) is 159 Å². The fourth-order valence-corrected chi connectivity index (χ4v) is 4.67. The summed E-state index contributed by atoms with van der Waals surface area (Å²) in [5.41, 5.74) is -4.10. The number of aromatic amines is 1. The van der Waals surface area contributed by atoms with Gasteiger partial charge in [-0.2, -0.15) is 0 Å². The molecule has 1 aromatic heterocycles. The van der Waals surface area contributed by atoms with Gasteiger partial charge in [0.1, 0.15) is 29.7 Å². The van der Waals surface area contributed by atoms with Crippen LogP contribution in [0.15, 0.2) is 46.1 Å². The van der Waals surface area contributed by atoms with Crippen LogP contribution in [0.3, 0.4) is 0 Å². The second-order valence-corrected chi connectivity index (χ2v) is 10.2. The Labute approximate surface area is 217 Å². The molecule has 13 nitrogen and oxygen atoms in total. The highest BCUT2D eigenvalue weighted by molar-refractivity contribution is 7.36. The summed E-state index contributed by atoms with van der Waals surface area (Å²) in [6.07, 6.45) is -4.17. The number of carbonyl (C=O) groups excluding carboxylic acids is 1. The van der Waals surface area contributed by atoms with Gasteiger partial charge in [0.2, 0.25) is 0 Å². The summed E-state index contributed by atoms with van der Waals surface area (Å²) < 4.78 is 50.6. The SMILES string of the molecule is COc1ccc(ON(C(C)C(=O)OC(C)C)[PH](=O)OC[C@H]2O[C@@H](n3ccc(=O)[nH]c3=O)[C@](C)(F)[C@@H]2O)cc1. The van der Waals surface area contributed by atoms with E-state index in [0.29, 0.717) is 5.75 Å². The molecule has 2 heterocycles. The van der Waals surface area contributed by atoms with E-state index in [0.717, 1.165) is 28.6 Å². The Hall–Kier alpha value is -3.03. The molecule has 0 aliphatic carbocycles. The average Bonchev–Trinajstić information content (AvgIpc) is 3.08. The minimum Gasteiger partial charge on any atom is -0.497 e. The van der Waals surface area contributed by atoms with Crippen molar-refractivity contribution in [2.75, 3.05) is 13.7 Å². The fraction of sp³-hybridized carbons (Fsp3) is 0.522. The van der Waals surface area contributed by atoms with Gasteiger partial charge in [-0.05, 0) is 52.0 Å². The highest BCUT2D eigenvalue weighted by Gasteiger charge is 2.55. The summed E-state index contributed by atoms with van der Waals surface area (Å²) in [5, 5.41) is 10.5. The van der Waals surface area contributed by atoms with E-state index in [1.165, 1.54) is 26.2 Å². The zero-order chi connectivity index (χ0) is 28.2. The number of aliphatic hydroxyl groups excluding tert-OH is 1. The Kier molecular flexibility index (Phi) is 9.49. The molecule has 1 aromatic carbocycles. The number of methoxy groups -OCH3 is 1. The largest absolute Gasteiger partial charge is 0.497 e. The van der Waals surface area contributed by atoms with Crippen LogP contribution in [0, 0.1) is 0 Å². The third-order valence-corrected chi connectivity index (χ3v) is 6.93. The lowest BCUT2D eigenvalue weighted by molar-refractivity contribution is -0.159. The standard InChI is InChI=1S/C23H31FN3O10P/c1-13(2)35-20(30)14(3)27(37-16-8-6-15(33-5)7-9-16)38(32)34-12-17-19(29)23(4,24)21(36-17)26-11-10-18(28)25-22(26)31/h6-11,13-14,17,19,21,29,38H,12H2,1-5H3,(H,25,28,31)/t14?,17-,19-,21-,23-/m1/s1. The van der Waals surface area contributed by atoms with Crippen LogP contribution in [-0.2, 0) is 23.4 Å². The van der Waals surface area contributed by atoms with Gasteiger partial charge in [0.25, 0.3) is 13.7 Å². The quantitative estimate of drug-likeness (QED) is 0.234. The molecule has 3 rings (SSSR count). The molecule has 0 amide bonds. The van der Waals surface area contributed by atoms with Gasteiger partial charge in [0.05, 0.1) is 19.8 Å². The number of nitrogens with zero attached hydrogens (tertiary/aromatic N) is 2. The first-order valence-electron chi connectivity index (χ1n) is 11.7. The molecular weight excluding hydrogens is 528 g/mol. The number of ether oxygens (including phenoxy) is 3. The van der Waals surface area contributed by atoms with Crippen LogP contribution in [0.4, 0.5) is 4.39 Å². The summed E-state index contributed by atoms with van der Waals surface area (Å²) in [7, 11) is -1.88. The van der Waals surface area contributed by atoms with Crippen molar-refractivity contribution >= 4 is 14.1 Å². The molecule has 1 fully saturated rings. The second kappa shape index (κ2) is 12.2. The lowest BCUT2D eigenvalue weighted by Crippen LogP contribution is -2.43. The number of H-pyrrole nitrogens is 1. The van der Waals surface area contributed by atoms with Gasteiger partial charge in [-0.15, -0.1) is 0 Å². The molecule has 0 spiro atoms. The molecule has 15 heteroatoms. The molecule has 6 atom stereocenters. The number of rotatable bonds is 11. The van der Waals surface area contributed by atoms with Crippen molar-refractivity contribution in [3.05, 3.63) is 57.4 Å². The van der Waals surface area contributed by atoms with Crippen LogP contribution in [0.1, 0.15) is 33.9 Å². The first kappa shape index (κ1) is 29.5. The molecule has 2 aromatic rings. The molecule has 38 heavy (non-hydrogen) atoms. The summed E-state index contributed by atoms with van der Waals surface area (Å²) in [5.74, 6) is 0.0160. The maximum Gasteiger partial charge on any atom is 0.330 e. The van der Waals surface area contributed by atoms with Gasteiger partial charge >= 0.3 is 11.7 Å². The monoisotopic (exact) mass is 559 g/mol. The lowest BCUT2D eigenvalue weighted by atomic mass is 9.98. The van der Waals surface area contributed by atoms with Crippen LogP contribution in [0.2, 0.25) is 0 Å². The molecule has 0 radical (unpaired) electrons. The third-order valence-electron chi connectivity index (χ3n) is 5.68. The number of hydrogen-bond donors (Lipinski definition) is 2. The Morgan fingerprint density at radius 1 is 1.24 bits per heavy atom. The normalized spacial score (nSPS) is 24.8. The Morgan fingerprint density at radius 2 is 1.87 bits per heavy atom. The molecule has 2 unspecified atom stereocenters. The van der Waals surface area contributed by atoms with Crippen molar-refractivity contribution in [3.63, 3.8) is 0 Å². The number of halogens is 1. The minimum atomic E-state index is -3.36. The Bertz CT molecular complexity index is 1250. The number of hydrogen-bond acceptors (Lipinski definition) is 10. The van der Waals surface area contributed by atoms with Crippen LogP contribution in [-0.4, -0.2) is 69.2 Å². The molecule has 210 valence electrons. The van der Waals surface area contributed by atoms with Gasteiger partial charge in [0.15, 0.2) is 11.9 Å². The molecular formula is C23H31FN3O10P. The predicted octanol–water partition coefficient (Wildman–Crippen LogP) is 1.57. The average molecular weight is 559 g/mol. The van der Waals surface area contributed by atoms with Crippen molar-refractivity contribution in [1.82, 2.24) is 14.4 Å². The van der Waals surface area contributed by atoms with Gasteiger partial charge in [0, 0.05) is 12.3 Å². The fourth-order valence-electron chi connectivity index (χ4n) is 3.63. The highest BCUT2D eigenvalue weighted by Crippen LogP contribution is 2.42. The van der Waals surface area contributed by atoms with Crippen molar-refractivity contribution in [2.45, 2.75) is 63.9 Å². The van der Waals surface area contributed by atoms with Crippen LogP contribution < -0.4 is 20.8 Å². The molecule has 2 N–H and O–H groups in total.